The number of hydrogen-bond acceptors (Lipinski definition) is 10. The van der Waals surface area contributed by atoms with Crippen LogP contribution >= 0.6 is 0 Å². The Kier molecular flexibility index (Phi) is 52.5. The number of ether oxygens (including phenoxy) is 3. The molecule has 1 aliphatic heterocycles. The van der Waals surface area contributed by atoms with Gasteiger partial charge in [-0.05, 0) is 77.0 Å². The fraction of sp³-hybridized carbons (Fsp3) is 0.881. The SMILES string of the molecule is CCCCCCCC/C=C/CCCCCCCCCCCCCCCCC(O)C(=O)NC(COC1OC(CO)C(O)C(O)C1OC(=O)CCCCC/C=C\CCCCCCCCC)C(O)/C=C/CCCCCCCCCCC. The van der Waals surface area contributed by atoms with Crippen molar-refractivity contribution in [2.45, 2.75) is 365 Å². The third kappa shape index (κ3) is 42.7. The van der Waals surface area contributed by atoms with Crippen molar-refractivity contribution in [2.24, 2.45) is 0 Å². The zero-order valence-electron chi connectivity index (χ0n) is 50.8. The van der Waals surface area contributed by atoms with Crippen LogP contribution in [-0.4, -0.2) is 99.6 Å². The quantitative estimate of drug-likeness (QED) is 0.0195. The fourth-order valence-corrected chi connectivity index (χ4v) is 10.5. The van der Waals surface area contributed by atoms with E-state index in [0.717, 1.165) is 64.2 Å². The Morgan fingerprint density at radius 2 is 0.846 bits per heavy atom. The van der Waals surface area contributed by atoms with E-state index in [1.54, 1.807) is 6.08 Å². The summed E-state index contributed by atoms with van der Waals surface area (Å²) in [5.41, 5.74) is 0. The Morgan fingerprint density at radius 3 is 1.24 bits per heavy atom. The lowest BCUT2D eigenvalue weighted by Gasteiger charge is -2.41. The van der Waals surface area contributed by atoms with E-state index in [-0.39, 0.29) is 13.0 Å². The van der Waals surface area contributed by atoms with Crippen molar-refractivity contribution < 1.29 is 49.3 Å². The maximum absolute atomic E-state index is 13.4. The summed E-state index contributed by atoms with van der Waals surface area (Å²) in [5.74, 6) is -1.20. The lowest BCUT2D eigenvalue weighted by Crippen LogP contribution is -2.61. The van der Waals surface area contributed by atoms with Gasteiger partial charge in [-0.3, -0.25) is 9.59 Å². The number of esters is 1. The molecule has 6 N–H and O–H groups in total. The van der Waals surface area contributed by atoms with Gasteiger partial charge in [0.15, 0.2) is 12.4 Å². The molecule has 1 fully saturated rings. The van der Waals surface area contributed by atoms with Gasteiger partial charge in [-0.25, -0.2) is 0 Å². The maximum atomic E-state index is 13.4. The van der Waals surface area contributed by atoms with Gasteiger partial charge < -0.3 is 45.1 Å². The predicted octanol–water partition coefficient (Wildman–Crippen LogP) is 16.2. The number of hydrogen-bond donors (Lipinski definition) is 6. The van der Waals surface area contributed by atoms with Crippen LogP contribution in [0.1, 0.15) is 316 Å². The van der Waals surface area contributed by atoms with Gasteiger partial charge in [0.05, 0.1) is 25.4 Å². The number of allylic oxidation sites excluding steroid dienone is 5. The summed E-state index contributed by atoms with van der Waals surface area (Å²) in [7, 11) is 0. The standard InChI is InChI=1S/C67H125NO10/c1-4-7-10-13-16-19-22-24-26-27-28-29-30-31-32-33-34-35-36-39-42-45-48-51-54-60(71)66(75)68-58(59(70)53-50-47-44-41-38-21-18-15-12-9-6-3)57-76-67-65(64(74)63(73)61(56-69)77-67)78-62(72)55-52-49-46-43-40-37-25-23-20-17-14-11-8-5-2/h24,26,37,40,50,53,58-61,63-65,67,69-71,73-74H,4-23,25,27-36,38-39,41-49,51-52,54-57H2,1-3H3,(H,68,75)/b26-24+,40-37-,53-50+. The van der Waals surface area contributed by atoms with Crippen molar-refractivity contribution in [2.75, 3.05) is 13.2 Å². The average molecular weight is 1100 g/mol. The van der Waals surface area contributed by atoms with E-state index < -0.39 is 67.4 Å². The fourth-order valence-electron chi connectivity index (χ4n) is 10.5. The highest BCUT2D eigenvalue weighted by Gasteiger charge is 2.47. The molecule has 458 valence electrons. The minimum Gasteiger partial charge on any atom is -0.454 e. The van der Waals surface area contributed by atoms with Gasteiger partial charge in [0.25, 0.3) is 0 Å². The summed E-state index contributed by atoms with van der Waals surface area (Å²) in [6, 6.07) is -1.02. The molecule has 0 aliphatic carbocycles. The number of aliphatic hydroxyl groups is 5. The van der Waals surface area contributed by atoms with Crippen LogP contribution in [0.15, 0.2) is 36.5 Å². The number of nitrogens with one attached hydrogen (secondary N) is 1. The van der Waals surface area contributed by atoms with Crippen LogP contribution in [0.25, 0.3) is 0 Å². The zero-order chi connectivity index (χ0) is 56.8. The molecule has 0 aromatic rings. The van der Waals surface area contributed by atoms with Crippen molar-refractivity contribution in [1.82, 2.24) is 5.32 Å². The number of carbonyl (C=O) groups excluding carboxylic acids is 2. The summed E-state index contributed by atoms with van der Waals surface area (Å²) in [6.07, 6.45) is 56.3. The van der Waals surface area contributed by atoms with Crippen molar-refractivity contribution in [1.29, 1.82) is 0 Å². The summed E-state index contributed by atoms with van der Waals surface area (Å²) >= 11 is 0. The number of amides is 1. The maximum Gasteiger partial charge on any atom is 0.306 e. The zero-order valence-corrected chi connectivity index (χ0v) is 50.8. The van der Waals surface area contributed by atoms with Crippen LogP contribution in [0.4, 0.5) is 0 Å². The van der Waals surface area contributed by atoms with Gasteiger partial charge in [0.2, 0.25) is 5.91 Å². The minimum absolute atomic E-state index is 0.106. The Bertz CT molecular complexity index is 1410. The monoisotopic (exact) mass is 1100 g/mol. The summed E-state index contributed by atoms with van der Waals surface area (Å²) in [5, 5.41) is 57.0. The molecular weight excluding hydrogens is 979 g/mol. The molecule has 1 aliphatic rings. The Morgan fingerprint density at radius 1 is 0.487 bits per heavy atom. The van der Waals surface area contributed by atoms with Gasteiger partial charge in [0.1, 0.15) is 24.4 Å². The third-order valence-electron chi connectivity index (χ3n) is 15.8. The molecule has 0 spiro atoms. The first-order valence-electron chi connectivity index (χ1n) is 33.3. The lowest BCUT2D eigenvalue weighted by atomic mass is 9.99. The minimum atomic E-state index is -1.62. The highest BCUT2D eigenvalue weighted by molar-refractivity contribution is 5.80. The summed E-state index contributed by atoms with van der Waals surface area (Å²) < 4.78 is 17.6. The van der Waals surface area contributed by atoms with E-state index in [4.69, 9.17) is 14.2 Å². The van der Waals surface area contributed by atoms with Crippen LogP contribution in [0.3, 0.4) is 0 Å². The molecular formula is C67H125NO10. The van der Waals surface area contributed by atoms with Crippen LogP contribution in [0, 0.1) is 0 Å². The number of unbranched alkanes of at least 4 members (excludes halogenated alkanes) is 39. The van der Waals surface area contributed by atoms with Crippen LogP contribution in [-0.2, 0) is 23.8 Å². The normalized spacial score (nSPS) is 19.1. The largest absolute Gasteiger partial charge is 0.454 e. The smallest absolute Gasteiger partial charge is 0.306 e. The van der Waals surface area contributed by atoms with Crippen LogP contribution in [0.5, 0.6) is 0 Å². The second-order valence-electron chi connectivity index (χ2n) is 23.2. The molecule has 78 heavy (non-hydrogen) atoms. The number of carbonyl (C=O) groups is 2. The van der Waals surface area contributed by atoms with Gasteiger partial charge in [0, 0.05) is 6.42 Å². The molecule has 0 aromatic heterocycles. The first kappa shape index (κ1) is 73.9. The van der Waals surface area contributed by atoms with E-state index in [0.29, 0.717) is 19.3 Å². The second-order valence-corrected chi connectivity index (χ2v) is 23.2. The lowest BCUT2D eigenvalue weighted by molar-refractivity contribution is -0.305. The number of rotatable bonds is 57. The molecule has 0 aromatic carbocycles. The average Bonchev–Trinajstić information content (AvgIpc) is 3.44. The summed E-state index contributed by atoms with van der Waals surface area (Å²) in [6.45, 7) is 5.79. The Hall–Kier alpha value is -2.12. The molecule has 0 radical (unpaired) electrons. The van der Waals surface area contributed by atoms with Crippen molar-refractivity contribution in [3.63, 3.8) is 0 Å². The summed E-state index contributed by atoms with van der Waals surface area (Å²) in [4.78, 5) is 26.5. The van der Waals surface area contributed by atoms with E-state index in [1.807, 2.05) is 6.08 Å². The van der Waals surface area contributed by atoms with Crippen molar-refractivity contribution in [3.8, 4) is 0 Å². The first-order valence-corrected chi connectivity index (χ1v) is 33.3. The Labute approximate surface area is 479 Å². The third-order valence-corrected chi connectivity index (χ3v) is 15.8. The highest BCUT2D eigenvalue weighted by Crippen LogP contribution is 2.26. The van der Waals surface area contributed by atoms with Gasteiger partial charge >= 0.3 is 5.97 Å². The van der Waals surface area contributed by atoms with E-state index in [9.17, 15) is 35.1 Å². The molecule has 1 rings (SSSR count). The predicted molar refractivity (Wildman–Crippen MR) is 324 cm³/mol. The molecule has 1 amide bonds. The van der Waals surface area contributed by atoms with Gasteiger partial charge in [-0.2, -0.15) is 0 Å². The molecule has 0 bridgehead atoms. The molecule has 11 heteroatoms. The topological polar surface area (TPSA) is 175 Å². The molecule has 8 unspecified atom stereocenters. The van der Waals surface area contributed by atoms with E-state index in [1.165, 1.54) is 205 Å². The van der Waals surface area contributed by atoms with E-state index in [2.05, 4.69) is 50.4 Å². The molecule has 1 saturated heterocycles. The number of aliphatic hydroxyl groups excluding tert-OH is 5. The van der Waals surface area contributed by atoms with Crippen molar-refractivity contribution >= 4 is 11.9 Å². The van der Waals surface area contributed by atoms with Gasteiger partial charge in [-0.1, -0.05) is 269 Å². The highest BCUT2D eigenvalue weighted by atomic mass is 16.7. The van der Waals surface area contributed by atoms with Crippen molar-refractivity contribution in [3.05, 3.63) is 36.5 Å². The van der Waals surface area contributed by atoms with E-state index >= 15 is 0 Å². The first-order chi connectivity index (χ1) is 38.2. The molecule has 8 atom stereocenters. The van der Waals surface area contributed by atoms with Crippen LogP contribution < -0.4 is 5.32 Å². The molecule has 0 saturated carbocycles. The van der Waals surface area contributed by atoms with Gasteiger partial charge in [-0.15, -0.1) is 0 Å². The second kappa shape index (κ2) is 55.4. The Balaban J connectivity index is 2.58. The molecule has 11 nitrogen and oxygen atoms in total. The molecule has 1 heterocycles. The van der Waals surface area contributed by atoms with Crippen LogP contribution in [0.2, 0.25) is 0 Å².